The number of benzene rings is 1. The Labute approximate surface area is 85.8 Å². The molecule has 2 N–H and O–H groups in total. The predicted octanol–water partition coefficient (Wildman–Crippen LogP) is 0.721. The van der Waals surface area contributed by atoms with Gasteiger partial charge < -0.3 is 5.11 Å². The van der Waals surface area contributed by atoms with Crippen molar-refractivity contribution in [3.05, 3.63) is 47.8 Å². The van der Waals surface area contributed by atoms with Gasteiger partial charge in [0.1, 0.15) is 5.69 Å². The van der Waals surface area contributed by atoms with Crippen molar-refractivity contribution in [2.24, 2.45) is 0 Å². The number of carbonyl (C=O) groups excluding carboxylic acids is 1. The Balaban J connectivity index is 2.23. The molecule has 2 rings (SSSR count). The lowest BCUT2D eigenvalue weighted by molar-refractivity contribution is 0.0739. The second kappa shape index (κ2) is 4.02. The quantitative estimate of drug-likeness (QED) is 0.720. The number of aliphatic hydroxyl groups is 1. The largest absolute Gasteiger partial charge is 0.378 e. The summed E-state index contributed by atoms with van der Waals surface area (Å²) in [5.74, 6) is -0.385. The second-order valence-electron chi connectivity index (χ2n) is 3.03. The number of nitrogens with zero attached hydrogens (tertiary/aromatic N) is 2. The van der Waals surface area contributed by atoms with Crippen LogP contribution >= 0.6 is 0 Å². The van der Waals surface area contributed by atoms with E-state index in [1.807, 2.05) is 0 Å². The van der Waals surface area contributed by atoms with E-state index in [0.29, 0.717) is 5.56 Å². The molecule has 1 aromatic carbocycles. The molecule has 5 heteroatoms. The minimum absolute atomic E-state index is 0.226. The topological polar surface area (TPSA) is 78.9 Å². The van der Waals surface area contributed by atoms with Gasteiger partial charge in [0.05, 0.1) is 6.20 Å². The summed E-state index contributed by atoms with van der Waals surface area (Å²) in [4.78, 5) is 11.7. The minimum Gasteiger partial charge on any atom is -0.378 e. The first-order chi connectivity index (χ1) is 7.29. The number of aromatic amines is 1. The van der Waals surface area contributed by atoms with Gasteiger partial charge in [-0.15, -0.1) is 0 Å². The molecule has 0 amide bonds. The second-order valence-corrected chi connectivity index (χ2v) is 3.03. The van der Waals surface area contributed by atoms with Crippen molar-refractivity contribution in [3.8, 4) is 0 Å². The van der Waals surface area contributed by atoms with Crippen LogP contribution in [-0.4, -0.2) is 26.3 Å². The molecule has 15 heavy (non-hydrogen) atoms. The number of rotatable bonds is 3. The van der Waals surface area contributed by atoms with Gasteiger partial charge in [0, 0.05) is 5.56 Å². The maximum atomic E-state index is 11.7. The third-order valence-electron chi connectivity index (χ3n) is 2.02. The van der Waals surface area contributed by atoms with E-state index < -0.39 is 6.10 Å². The van der Waals surface area contributed by atoms with E-state index in [9.17, 15) is 9.90 Å². The monoisotopic (exact) mass is 203 g/mol. The highest BCUT2D eigenvalue weighted by molar-refractivity contribution is 5.99. The van der Waals surface area contributed by atoms with Gasteiger partial charge >= 0.3 is 0 Å². The number of ketones is 1. The van der Waals surface area contributed by atoms with Crippen LogP contribution in [0.15, 0.2) is 36.5 Å². The number of aromatic nitrogens is 3. The van der Waals surface area contributed by atoms with Crippen LogP contribution in [0, 0.1) is 0 Å². The van der Waals surface area contributed by atoms with Crippen molar-refractivity contribution in [1.82, 2.24) is 15.4 Å². The van der Waals surface area contributed by atoms with Gasteiger partial charge in [0.2, 0.25) is 0 Å². The summed E-state index contributed by atoms with van der Waals surface area (Å²) in [7, 11) is 0. The predicted molar refractivity (Wildman–Crippen MR) is 52.1 cm³/mol. The molecule has 1 heterocycles. The molecule has 0 aliphatic rings. The third kappa shape index (κ3) is 1.92. The molecule has 2 aromatic rings. The van der Waals surface area contributed by atoms with Crippen molar-refractivity contribution in [3.63, 3.8) is 0 Å². The van der Waals surface area contributed by atoms with Crippen LogP contribution in [0.2, 0.25) is 0 Å². The number of carbonyl (C=O) groups is 1. The fourth-order valence-electron chi connectivity index (χ4n) is 1.24. The van der Waals surface area contributed by atoms with Gasteiger partial charge in [-0.1, -0.05) is 30.3 Å². The molecule has 0 spiro atoms. The average Bonchev–Trinajstić information content (AvgIpc) is 2.82. The van der Waals surface area contributed by atoms with Crippen LogP contribution in [0.3, 0.4) is 0 Å². The lowest BCUT2D eigenvalue weighted by Crippen LogP contribution is -2.12. The number of hydrogen-bond donors (Lipinski definition) is 2. The van der Waals surface area contributed by atoms with E-state index in [0.717, 1.165) is 0 Å². The summed E-state index contributed by atoms with van der Waals surface area (Å²) in [5.41, 5.74) is 0.678. The smallest absolute Gasteiger partial charge is 0.197 e. The zero-order chi connectivity index (χ0) is 10.7. The fourth-order valence-corrected chi connectivity index (χ4v) is 1.24. The molecule has 0 aliphatic carbocycles. The Bertz CT molecular complexity index is 439. The van der Waals surface area contributed by atoms with Crippen molar-refractivity contribution in [2.75, 3.05) is 0 Å². The summed E-state index contributed by atoms with van der Waals surface area (Å²) in [6, 6.07) is 8.57. The summed E-state index contributed by atoms with van der Waals surface area (Å²) in [6.45, 7) is 0. The third-order valence-corrected chi connectivity index (χ3v) is 2.02. The lowest BCUT2D eigenvalue weighted by Gasteiger charge is -2.05. The lowest BCUT2D eigenvalue weighted by atomic mass is 10.0. The minimum atomic E-state index is -1.26. The van der Waals surface area contributed by atoms with Gasteiger partial charge in [-0.25, -0.2) is 0 Å². The number of hydrogen-bond acceptors (Lipinski definition) is 4. The van der Waals surface area contributed by atoms with E-state index in [1.54, 1.807) is 30.3 Å². The van der Waals surface area contributed by atoms with Crippen molar-refractivity contribution >= 4 is 5.78 Å². The molecule has 0 aliphatic heterocycles. The van der Waals surface area contributed by atoms with Crippen molar-refractivity contribution in [1.29, 1.82) is 0 Å². The van der Waals surface area contributed by atoms with Crippen molar-refractivity contribution in [2.45, 2.75) is 6.10 Å². The van der Waals surface area contributed by atoms with Gasteiger partial charge in [-0.2, -0.15) is 15.4 Å². The first-order valence-corrected chi connectivity index (χ1v) is 4.42. The van der Waals surface area contributed by atoms with Crippen LogP contribution in [0.5, 0.6) is 0 Å². The summed E-state index contributed by atoms with van der Waals surface area (Å²) < 4.78 is 0. The Hall–Kier alpha value is -2.01. The van der Waals surface area contributed by atoms with Crippen molar-refractivity contribution < 1.29 is 9.90 Å². The molecule has 0 bridgehead atoms. The molecule has 1 atom stereocenters. The molecule has 0 radical (unpaired) electrons. The Morgan fingerprint density at radius 2 is 2.07 bits per heavy atom. The number of nitrogens with one attached hydrogen (secondary N) is 1. The maximum absolute atomic E-state index is 11.7. The highest BCUT2D eigenvalue weighted by Crippen LogP contribution is 2.14. The van der Waals surface area contributed by atoms with E-state index in [1.165, 1.54) is 6.20 Å². The summed E-state index contributed by atoms with van der Waals surface area (Å²) in [5, 5.41) is 19.2. The molecular weight excluding hydrogens is 194 g/mol. The van der Waals surface area contributed by atoms with E-state index in [-0.39, 0.29) is 11.5 Å². The number of Topliss-reactive ketones (excluding diaryl/α,β-unsaturated/α-hetero) is 1. The molecule has 0 saturated heterocycles. The molecule has 1 unspecified atom stereocenters. The van der Waals surface area contributed by atoms with Gasteiger partial charge in [-0.3, -0.25) is 4.79 Å². The molecule has 1 aromatic heterocycles. The molecule has 0 fully saturated rings. The maximum Gasteiger partial charge on any atom is 0.197 e. The Kier molecular flexibility index (Phi) is 2.55. The van der Waals surface area contributed by atoms with Gasteiger partial charge in [0.15, 0.2) is 11.9 Å². The normalized spacial score (nSPS) is 12.3. The standard InChI is InChI=1S/C10H9N3O2/c14-9(7-4-2-1-3-5-7)10(15)8-6-11-13-12-8/h1-6,10,15H,(H,11,12,13). The molecular formula is C10H9N3O2. The number of aliphatic hydroxyl groups excluding tert-OH is 1. The first-order valence-electron chi connectivity index (χ1n) is 4.42. The average molecular weight is 203 g/mol. The van der Waals surface area contributed by atoms with Crippen LogP contribution < -0.4 is 0 Å². The van der Waals surface area contributed by atoms with E-state index >= 15 is 0 Å². The van der Waals surface area contributed by atoms with Crippen LogP contribution in [0.4, 0.5) is 0 Å². The molecule has 76 valence electrons. The first kappa shape index (κ1) is 9.54. The fraction of sp³-hybridized carbons (Fsp3) is 0.100. The molecule has 5 nitrogen and oxygen atoms in total. The summed E-state index contributed by atoms with van der Waals surface area (Å²) >= 11 is 0. The Morgan fingerprint density at radius 3 is 2.67 bits per heavy atom. The molecule has 0 saturated carbocycles. The SMILES string of the molecule is O=C(c1ccccc1)C(O)c1cn[nH]n1. The highest BCUT2D eigenvalue weighted by Gasteiger charge is 2.20. The Morgan fingerprint density at radius 1 is 1.33 bits per heavy atom. The number of H-pyrrole nitrogens is 1. The zero-order valence-electron chi connectivity index (χ0n) is 7.79. The van der Waals surface area contributed by atoms with Crippen LogP contribution in [-0.2, 0) is 0 Å². The zero-order valence-corrected chi connectivity index (χ0v) is 7.79. The van der Waals surface area contributed by atoms with Crippen LogP contribution in [0.25, 0.3) is 0 Å². The van der Waals surface area contributed by atoms with E-state index in [2.05, 4.69) is 15.4 Å². The van der Waals surface area contributed by atoms with Crippen LogP contribution in [0.1, 0.15) is 22.2 Å². The highest BCUT2D eigenvalue weighted by atomic mass is 16.3. The van der Waals surface area contributed by atoms with Gasteiger partial charge in [0.25, 0.3) is 0 Å². The van der Waals surface area contributed by atoms with Gasteiger partial charge in [-0.05, 0) is 0 Å². The summed E-state index contributed by atoms with van der Waals surface area (Å²) in [6.07, 6.45) is 0.0667. The van der Waals surface area contributed by atoms with E-state index in [4.69, 9.17) is 0 Å².